The van der Waals surface area contributed by atoms with E-state index in [2.05, 4.69) is 33.4 Å². The van der Waals surface area contributed by atoms with Gasteiger partial charge in [-0.3, -0.25) is 9.58 Å². The molecule has 170 valence electrons. The lowest BCUT2D eigenvalue weighted by Gasteiger charge is -2.31. The maximum Gasteiger partial charge on any atom is 0.490 e. The number of likely N-dealkylation sites (tertiary alicyclic amines) is 1. The summed E-state index contributed by atoms with van der Waals surface area (Å²) in [6, 6.07) is 6.62. The van der Waals surface area contributed by atoms with E-state index in [9.17, 15) is 13.2 Å². The lowest BCUT2D eigenvalue weighted by atomic mass is 9.96. The fraction of sp³-hybridized carbons (Fsp3) is 0.550. The molecule has 2 aliphatic rings. The molecule has 4 rings (SSSR count). The van der Waals surface area contributed by atoms with Crippen LogP contribution in [0.4, 0.5) is 13.2 Å². The molecule has 0 atom stereocenters. The van der Waals surface area contributed by atoms with Crippen molar-refractivity contribution < 1.29 is 32.9 Å². The summed E-state index contributed by atoms with van der Waals surface area (Å²) in [5.41, 5.74) is 3.39. The van der Waals surface area contributed by atoms with Crippen molar-refractivity contribution in [3.05, 3.63) is 41.2 Å². The second kappa shape index (κ2) is 10.1. The Morgan fingerprint density at radius 3 is 2.58 bits per heavy atom. The molecular weight excluding hydrogens is 417 g/mol. The number of carboxylic acids is 1. The van der Waals surface area contributed by atoms with E-state index in [0.717, 1.165) is 45.0 Å². The molecule has 1 aromatic carbocycles. The smallest absolute Gasteiger partial charge is 0.490 e. The first-order valence-corrected chi connectivity index (χ1v) is 10.0. The van der Waals surface area contributed by atoms with Crippen LogP contribution in [0.5, 0.6) is 5.75 Å². The van der Waals surface area contributed by atoms with Crippen LogP contribution in [0.25, 0.3) is 0 Å². The molecule has 3 heterocycles. The number of carbonyl (C=O) groups is 1. The van der Waals surface area contributed by atoms with Crippen molar-refractivity contribution in [2.45, 2.75) is 45.1 Å². The number of ether oxygens (including phenoxy) is 1. The molecule has 31 heavy (non-hydrogen) atoms. The second-order valence-electron chi connectivity index (χ2n) is 7.65. The molecular formula is C20H25F3N4O4. The molecule has 0 radical (unpaired) electrons. The second-order valence-corrected chi connectivity index (χ2v) is 7.65. The van der Waals surface area contributed by atoms with Crippen molar-refractivity contribution in [3.63, 3.8) is 0 Å². The SMILES string of the molecule is O=C(O)C(F)(F)F.OCc1cn(CC2CCN(Cc3ccc4c(c3)CCO4)CC2)nn1. The number of aliphatic hydroxyl groups excluding tert-OH is 1. The molecule has 0 spiro atoms. The first kappa shape index (κ1) is 23.0. The van der Waals surface area contributed by atoms with Crippen molar-refractivity contribution in [2.75, 3.05) is 19.7 Å². The average molecular weight is 442 g/mol. The van der Waals surface area contributed by atoms with Gasteiger partial charge in [-0.1, -0.05) is 17.3 Å². The van der Waals surface area contributed by atoms with E-state index >= 15 is 0 Å². The summed E-state index contributed by atoms with van der Waals surface area (Å²) in [5, 5.41) is 24.2. The molecule has 1 aromatic heterocycles. The highest BCUT2D eigenvalue weighted by Crippen LogP contribution is 2.27. The van der Waals surface area contributed by atoms with Gasteiger partial charge in [-0.05, 0) is 49.0 Å². The Morgan fingerprint density at radius 1 is 1.26 bits per heavy atom. The highest BCUT2D eigenvalue weighted by atomic mass is 19.4. The van der Waals surface area contributed by atoms with Gasteiger partial charge >= 0.3 is 12.1 Å². The van der Waals surface area contributed by atoms with Crippen LogP contribution in [0.1, 0.15) is 29.7 Å². The van der Waals surface area contributed by atoms with Crippen molar-refractivity contribution in [1.82, 2.24) is 19.9 Å². The van der Waals surface area contributed by atoms with Gasteiger partial charge in [-0.15, -0.1) is 5.10 Å². The number of fused-ring (bicyclic) bond motifs is 1. The number of nitrogens with zero attached hydrogens (tertiary/aromatic N) is 4. The third-order valence-electron chi connectivity index (χ3n) is 5.30. The van der Waals surface area contributed by atoms with Crippen molar-refractivity contribution >= 4 is 5.97 Å². The number of aliphatic carboxylic acids is 1. The third-order valence-corrected chi connectivity index (χ3v) is 5.30. The Balaban J connectivity index is 0.000000339. The van der Waals surface area contributed by atoms with Gasteiger partial charge in [0.1, 0.15) is 11.4 Å². The van der Waals surface area contributed by atoms with Gasteiger partial charge in [0.15, 0.2) is 0 Å². The zero-order chi connectivity index (χ0) is 22.4. The van der Waals surface area contributed by atoms with Gasteiger partial charge in [0, 0.05) is 19.5 Å². The van der Waals surface area contributed by atoms with E-state index in [1.54, 1.807) is 0 Å². The van der Waals surface area contributed by atoms with Crippen LogP contribution < -0.4 is 4.74 Å². The molecule has 0 saturated carbocycles. The van der Waals surface area contributed by atoms with Crippen molar-refractivity contribution in [2.24, 2.45) is 5.92 Å². The van der Waals surface area contributed by atoms with E-state index < -0.39 is 12.1 Å². The summed E-state index contributed by atoms with van der Waals surface area (Å²) in [6.07, 6.45) is 0.169. The van der Waals surface area contributed by atoms with Crippen molar-refractivity contribution in [3.8, 4) is 5.75 Å². The molecule has 2 aromatic rings. The molecule has 0 aliphatic carbocycles. The van der Waals surface area contributed by atoms with Crippen molar-refractivity contribution in [1.29, 1.82) is 0 Å². The highest BCUT2D eigenvalue weighted by molar-refractivity contribution is 5.73. The highest BCUT2D eigenvalue weighted by Gasteiger charge is 2.38. The lowest BCUT2D eigenvalue weighted by molar-refractivity contribution is -0.192. The third kappa shape index (κ3) is 6.66. The summed E-state index contributed by atoms with van der Waals surface area (Å²) in [4.78, 5) is 11.4. The normalized spacial score (nSPS) is 16.9. The number of piperidine rings is 1. The first-order valence-electron chi connectivity index (χ1n) is 10.0. The number of alkyl halides is 3. The number of hydrogen-bond acceptors (Lipinski definition) is 6. The molecule has 2 N–H and O–H groups in total. The Labute approximate surface area is 177 Å². The maximum absolute atomic E-state index is 10.6. The number of carboxylic acid groups (broad SMARTS) is 1. The minimum atomic E-state index is -5.08. The van der Waals surface area contributed by atoms with Gasteiger partial charge < -0.3 is 14.9 Å². The molecule has 8 nitrogen and oxygen atoms in total. The fourth-order valence-corrected chi connectivity index (χ4v) is 3.69. The van der Waals surface area contributed by atoms with Gasteiger partial charge in [-0.25, -0.2) is 4.79 Å². The summed E-state index contributed by atoms with van der Waals surface area (Å²) in [6.45, 7) is 4.96. The van der Waals surface area contributed by atoms with Gasteiger partial charge in [0.05, 0.1) is 19.4 Å². The molecule has 11 heteroatoms. The molecule has 2 aliphatic heterocycles. The predicted molar refractivity (Wildman–Crippen MR) is 103 cm³/mol. The first-order chi connectivity index (χ1) is 14.7. The van der Waals surface area contributed by atoms with Crippen LogP contribution in [0.3, 0.4) is 0 Å². The minimum Gasteiger partial charge on any atom is -0.493 e. The number of benzene rings is 1. The zero-order valence-corrected chi connectivity index (χ0v) is 16.9. The van der Waals surface area contributed by atoms with Crippen LogP contribution in [0.2, 0.25) is 0 Å². The average Bonchev–Trinajstić information content (AvgIpc) is 3.38. The minimum absolute atomic E-state index is 0.0374. The van der Waals surface area contributed by atoms with Crippen LogP contribution in [0.15, 0.2) is 24.4 Å². The largest absolute Gasteiger partial charge is 0.493 e. The summed E-state index contributed by atoms with van der Waals surface area (Å²) in [7, 11) is 0. The number of aliphatic hydroxyl groups is 1. The number of aromatic nitrogens is 3. The molecule has 0 unspecified atom stereocenters. The molecule has 0 bridgehead atoms. The summed E-state index contributed by atoms with van der Waals surface area (Å²) in [5.74, 6) is -1.05. The number of hydrogen-bond donors (Lipinski definition) is 2. The van der Waals surface area contributed by atoms with Crippen LogP contribution in [0, 0.1) is 5.92 Å². The van der Waals surface area contributed by atoms with Crippen LogP contribution in [-0.2, 0) is 30.9 Å². The van der Waals surface area contributed by atoms with Gasteiger partial charge in [-0.2, -0.15) is 13.2 Å². The Bertz CT molecular complexity index is 880. The van der Waals surface area contributed by atoms with Crippen LogP contribution in [-0.4, -0.2) is 61.9 Å². The monoisotopic (exact) mass is 442 g/mol. The molecule has 0 amide bonds. The Kier molecular flexibility index (Phi) is 7.50. The van der Waals surface area contributed by atoms with Gasteiger partial charge in [0.2, 0.25) is 0 Å². The van der Waals surface area contributed by atoms with E-state index in [0.29, 0.717) is 11.6 Å². The Hall–Kier alpha value is -2.66. The Morgan fingerprint density at radius 2 is 1.97 bits per heavy atom. The maximum atomic E-state index is 10.6. The lowest BCUT2D eigenvalue weighted by Crippen LogP contribution is -2.34. The van der Waals surface area contributed by atoms with E-state index in [-0.39, 0.29) is 6.61 Å². The van der Waals surface area contributed by atoms with Gasteiger partial charge in [0.25, 0.3) is 0 Å². The van der Waals surface area contributed by atoms with E-state index in [1.165, 1.54) is 24.0 Å². The quantitative estimate of drug-likeness (QED) is 0.733. The topological polar surface area (TPSA) is 101 Å². The van der Waals surface area contributed by atoms with Crippen LogP contribution >= 0.6 is 0 Å². The fourth-order valence-electron chi connectivity index (χ4n) is 3.69. The van der Waals surface area contributed by atoms with E-state index in [4.69, 9.17) is 19.7 Å². The van der Waals surface area contributed by atoms with E-state index in [1.807, 2.05) is 10.9 Å². The standard InChI is InChI=1S/C18H24N4O2.C2HF3O2/c23-13-17-12-22(20-19-17)11-14-3-6-21(7-4-14)10-15-1-2-18-16(9-15)5-8-24-18;3-2(4,5)1(6)7/h1-2,9,12,14,23H,3-8,10-11,13H2;(H,6,7). The number of halogens is 3. The summed E-state index contributed by atoms with van der Waals surface area (Å²) >= 11 is 0. The molecule has 1 saturated heterocycles. The molecule has 1 fully saturated rings. The zero-order valence-electron chi connectivity index (χ0n) is 16.9. The predicted octanol–water partition coefficient (Wildman–Crippen LogP) is 2.25. The summed E-state index contributed by atoms with van der Waals surface area (Å²) < 4.78 is 39.2. The number of rotatable bonds is 5.